The van der Waals surface area contributed by atoms with Gasteiger partial charge < -0.3 is 15.4 Å². The molecule has 0 bridgehead atoms. The van der Waals surface area contributed by atoms with Crippen LogP contribution in [-0.2, 0) is 14.4 Å². The maximum atomic E-state index is 13.1. The van der Waals surface area contributed by atoms with Crippen LogP contribution in [0.2, 0.25) is 0 Å². The number of ketones is 1. The summed E-state index contributed by atoms with van der Waals surface area (Å²) in [5.41, 5.74) is 2.28. The van der Waals surface area contributed by atoms with E-state index in [1.807, 2.05) is 24.3 Å². The summed E-state index contributed by atoms with van der Waals surface area (Å²) < 4.78 is 18.3. The van der Waals surface area contributed by atoms with Gasteiger partial charge in [0.2, 0.25) is 11.8 Å². The normalized spacial score (nSPS) is 21.0. The van der Waals surface area contributed by atoms with Gasteiger partial charge >= 0.3 is 0 Å². The minimum atomic E-state index is -0.858. The lowest BCUT2D eigenvalue weighted by atomic mass is 9.75. The first-order valence-corrected chi connectivity index (χ1v) is 9.71. The van der Waals surface area contributed by atoms with E-state index in [0.717, 1.165) is 11.3 Å². The number of benzene rings is 2. The van der Waals surface area contributed by atoms with E-state index in [9.17, 15) is 18.8 Å². The summed E-state index contributed by atoms with van der Waals surface area (Å²) in [4.78, 5) is 38.1. The number of rotatable bonds is 4. The predicted molar refractivity (Wildman–Crippen MR) is 108 cm³/mol. The Bertz CT molecular complexity index is 1030. The number of anilines is 1. The fraction of sp³-hybridized carbons (Fsp3) is 0.261. The van der Waals surface area contributed by atoms with Crippen molar-refractivity contribution in [3.63, 3.8) is 0 Å². The molecule has 0 radical (unpaired) electrons. The molecule has 0 unspecified atom stereocenters. The van der Waals surface area contributed by atoms with Crippen molar-refractivity contribution in [1.82, 2.24) is 5.32 Å². The van der Waals surface area contributed by atoms with Crippen LogP contribution >= 0.6 is 0 Å². The Kier molecular flexibility index (Phi) is 5.35. The average molecular weight is 408 g/mol. The highest BCUT2D eigenvalue weighted by atomic mass is 19.1. The Hall–Kier alpha value is -3.48. The molecule has 0 fully saturated rings. The van der Waals surface area contributed by atoms with Gasteiger partial charge in [-0.3, -0.25) is 14.4 Å². The molecule has 154 valence electrons. The van der Waals surface area contributed by atoms with Gasteiger partial charge in [0.15, 0.2) is 5.78 Å². The van der Waals surface area contributed by atoms with Gasteiger partial charge in [-0.1, -0.05) is 12.1 Å². The number of amides is 2. The highest BCUT2D eigenvalue weighted by molar-refractivity contribution is 6.09. The molecule has 4 rings (SSSR count). The Morgan fingerprint density at radius 1 is 1.03 bits per heavy atom. The number of nitrogens with one attached hydrogen (secondary N) is 2. The zero-order valence-electron chi connectivity index (χ0n) is 16.4. The number of ether oxygens (including phenoxy) is 1. The second-order valence-corrected chi connectivity index (χ2v) is 7.49. The van der Waals surface area contributed by atoms with Gasteiger partial charge in [0.1, 0.15) is 11.6 Å². The van der Waals surface area contributed by atoms with Crippen molar-refractivity contribution < 1.29 is 23.5 Å². The van der Waals surface area contributed by atoms with E-state index in [0.29, 0.717) is 23.4 Å². The fourth-order valence-electron chi connectivity index (χ4n) is 4.06. The fourth-order valence-corrected chi connectivity index (χ4v) is 4.06. The van der Waals surface area contributed by atoms with Crippen molar-refractivity contribution >= 4 is 23.3 Å². The third-order valence-electron chi connectivity index (χ3n) is 5.55. The van der Waals surface area contributed by atoms with E-state index in [2.05, 4.69) is 10.6 Å². The lowest BCUT2D eigenvalue weighted by molar-refractivity contribution is -0.129. The Morgan fingerprint density at radius 3 is 2.40 bits per heavy atom. The molecule has 1 aliphatic heterocycles. The summed E-state index contributed by atoms with van der Waals surface area (Å²) in [7, 11) is 1.59. The number of halogens is 1. The van der Waals surface area contributed by atoms with Gasteiger partial charge in [-0.2, -0.15) is 0 Å². The molecule has 2 aliphatic rings. The lowest BCUT2D eigenvalue weighted by Gasteiger charge is -2.33. The number of carbonyl (C=O) groups is 3. The van der Waals surface area contributed by atoms with E-state index in [-0.39, 0.29) is 30.4 Å². The van der Waals surface area contributed by atoms with Gasteiger partial charge in [0.25, 0.3) is 0 Å². The summed E-state index contributed by atoms with van der Waals surface area (Å²) >= 11 is 0. The molecule has 1 aliphatic carbocycles. The molecule has 1 heterocycles. The van der Waals surface area contributed by atoms with Gasteiger partial charge in [0, 0.05) is 29.8 Å². The third-order valence-corrected chi connectivity index (χ3v) is 5.55. The summed E-state index contributed by atoms with van der Waals surface area (Å²) in [5.74, 6) is -1.51. The largest absolute Gasteiger partial charge is 0.497 e. The third kappa shape index (κ3) is 3.96. The van der Waals surface area contributed by atoms with Crippen LogP contribution in [0.4, 0.5) is 10.1 Å². The van der Waals surface area contributed by atoms with E-state index < -0.39 is 17.6 Å². The second-order valence-electron chi connectivity index (χ2n) is 7.49. The Labute approximate surface area is 173 Å². The number of hydrogen-bond acceptors (Lipinski definition) is 4. The van der Waals surface area contributed by atoms with Crippen LogP contribution in [0.3, 0.4) is 0 Å². The lowest BCUT2D eigenvalue weighted by Crippen LogP contribution is -2.43. The van der Waals surface area contributed by atoms with Crippen molar-refractivity contribution in [3.05, 3.63) is 71.2 Å². The Balaban J connectivity index is 1.58. The molecule has 2 amide bonds. The van der Waals surface area contributed by atoms with Crippen molar-refractivity contribution in [3.8, 4) is 5.75 Å². The van der Waals surface area contributed by atoms with Crippen molar-refractivity contribution in [1.29, 1.82) is 0 Å². The first-order valence-electron chi connectivity index (χ1n) is 9.71. The molecule has 0 saturated carbocycles. The SMILES string of the molecule is COc1ccc([C@H]2CC(=O)C3=C(C2)NC(=O)C[C@@H]3C(=O)Nc2ccc(F)cc2)cc1. The Morgan fingerprint density at radius 2 is 1.73 bits per heavy atom. The van der Waals surface area contributed by atoms with Gasteiger partial charge in [-0.25, -0.2) is 4.39 Å². The van der Waals surface area contributed by atoms with Gasteiger partial charge in [0.05, 0.1) is 13.0 Å². The minimum absolute atomic E-state index is 0.0821. The van der Waals surface area contributed by atoms with Crippen LogP contribution in [0.5, 0.6) is 5.75 Å². The number of methoxy groups -OCH3 is 1. The average Bonchev–Trinajstić information content (AvgIpc) is 2.74. The molecule has 0 spiro atoms. The molecule has 30 heavy (non-hydrogen) atoms. The van der Waals surface area contributed by atoms with Crippen LogP contribution in [0, 0.1) is 11.7 Å². The maximum Gasteiger partial charge on any atom is 0.232 e. The molecule has 2 atom stereocenters. The topological polar surface area (TPSA) is 84.5 Å². The van der Waals surface area contributed by atoms with E-state index in [4.69, 9.17) is 4.74 Å². The van der Waals surface area contributed by atoms with Crippen molar-refractivity contribution in [2.75, 3.05) is 12.4 Å². The van der Waals surface area contributed by atoms with Crippen LogP contribution in [0.1, 0.15) is 30.7 Å². The number of allylic oxidation sites excluding steroid dienone is 1. The molecular formula is C23H21FN2O4. The van der Waals surface area contributed by atoms with Gasteiger partial charge in [-0.05, 0) is 54.3 Å². The zero-order valence-corrected chi connectivity index (χ0v) is 16.4. The molecule has 7 heteroatoms. The molecule has 2 aromatic rings. The first-order chi connectivity index (χ1) is 14.4. The number of Topliss-reactive ketones (excluding diaryl/α,β-unsaturated/α-hetero) is 1. The summed E-state index contributed by atoms with van der Waals surface area (Å²) in [6, 6.07) is 12.8. The number of carbonyl (C=O) groups excluding carboxylic acids is 3. The first kappa shape index (κ1) is 19.8. The summed E-state index contributed by atoms with van der Waals surface area (Å²) in [6.07, 6.45) is 0.644. The van der Waals surface area contributed by atoms with Crippen LogP contribution < -0.4 is 15.4 Å². The van der Waals surface area contributed by atoms with Crippen LogP contribution in [0.15, 0.2) is 59.8 Å². The second kappa shape index (κ2) is 8.10. The molecule has 2 aromatic carbocycles. The molecule has 6 nitrogen and oxygen atoms in total. The number of hydrogen-bond donors (Lipinski definition) is 2. The smallest absolute Gasteiger partial charge is 0.232 e. The predicted octanol–water partition coefficient (Wildman–Crippen LogP) is 3.31. The minimum Gasteiger partial charge on any atom is -0.497 e. The summed E-state index contributed by atoms with van der Waals surface area (Å²) in [6.45, 7) is 0. The molecular weight excluding hydrogens is 387 g/mol. The van der Waals surface area contributed by atoms with Gasteiger partial charge in [-0.15, -0.1) is 0 Å². The highest BCUT2D eigenvalue weighted by Crippen LogP contribution is 2.39. The van der Waals surface area contributed by atoms with Crippen LogP contribution in [0.25, 0.3) is 0 Å². The van der Waals surface area contributed by atoms with E-state index >= 15 is 0 Å². The molecule has 0 saturated heterocycles. The maximum absolute atomic E-state index is 13.1. The highest BCUT2D eigenvalue weighted by Gasteiger charge is 2.40. The van der Waals surface area contributed by atoms with E-state index in [1.165, 1.54) is 24.3 Å². The van der Waals surface area contributed by atoms with E-state index in [1.54, 1.807) is 7.11 Å². The quantitative estimate of drug-likeness (QED) is 0.813. The monoisotopic (exact) mass is 408 g/mol. The standard InChI is InChI=1S/C23H21FN2O4/c1-30-17-8-2-13(3-9-17)14-10-19-22(20(27)11-14)18(12-21(28)26-19)23(29)25-16-6-4-15(24)5-7-16/h2-9,14,18H,10-12H2,1H3,(H,25,29)(H,26,28)/t14-,18+/m1/s1. The van der Waals surface area contributed by atoms with Crippen molar-refractivity contribution in [2.45, 2.75) is 25.2 Å². The van der Waals surface area contributed by atoms with Crippen LogP contribution in [-0.4, -0.2) is 24.7 Å². The summed E-state index contributed by atoms with van der Waals surface area (Å²) in [5, 5.41) is 5.48. The zero-order chi connectivity index (χ0) is 21.3. The molecule has 2 N–H and O–H groups in total. The van der Waals surface area contributed by atoms with Crippen molar-refractivity contribution in [2.24, 2.45) is 5.92 Å². The molecule has 0 aromatic heterocycles.